The lowest BCUT2D eigenvalue weighted by Crippen LogP contribution is -2.18. The van der Waals surface area contributed by atoms with Gasteiger partial charge < -0.3 is 0 Å². The Morgan fingerprint density at radius 3 is 2.44 bits per heavy atom. The van der Waals surface area contributed by atoms with E-state index in [1.807, 2.05) is 6.20 Å². The Bertz CT molecular complexity index is 331. The molecule has 0 N–H and O–H groups in total. The predicted octanol–water partition coefficient (Wildman–Crippen LogP) is 4.57. The van der Waals surface area contributed by atoms with Crippen LogP contribution in [0.1, 0.15) is 58.4 Å². The van der Waals surface area contributed by atoms with Gasteiger partial charge in [-0.15, -0.1) is 0 Å². The molecule has 0 bridgehead atoms. The minimum Gasteiger partial charge on any atom is -0.269 e. The molecule has 1 aliphatic rings. The first-order valence-electron chi connectivity index (χ1n) is 6.26. The van der Waals surface area contributed by atoms with Gasteiger partial charge in [0, 0.05) is 6.20 Å². The van der Waals surface area contributed by atoms with Crippen LogP contribution < -0.4 is 0 Å². The Labute approximate surface area is 107 Å². The maximum Gasteiger partial charge on any atom is 0.0632 e. The van der Waals surface area contributed by atoms with E-state index in [0.29, 0.717) is 11.5 Å². The topological polar surface area (TPSA) is 17.8 Å². The van der Waals surface area contributed by atoms with Gasteiger partial charge in [-0.1, -0.05) is 26.7 Å². The van der Waals surface area contributed by atoms with Crippen molar-refractivity contribution < 1.29 is 0 Å². The molecular formula is C13H21BrN2. The average molecular weight is 285 g/mol. The van der Waals surface area contributed by atoms with Gasteiger partial charge in [0.25, 0.3) is 0 Å². The summed E-state index contributed by atoms with van der Waals surface area (Å²) in [6, 6.07) is 0.613. The lowest BCUT2D eigenvalue weighted by atomic mass is 9.79. The van der Waals surface area contributed by atoms with Gasteiger partial charge in [-0.3, -0.25) is 4.68 Å². The van der Waals surface area contributed by atoms with Crippen LogP contribution in [0.5, 0.6) is 0 Å². The lowest BCUT2D eigenvalue weighted by molar-refractivity contribution is 0.231. The van der Waals surface area contributed by atoms with Gasteiger partial charge in [0.2, 0.25) is 0 Å². The third kappa shape index (κ3) is 3.09. The highest BCUT2D eigenvalue weighted by Gasteiger charge is 2.23. The summed E-state index contributed by atoms with van der Waals surface area (Å²) in [4.78, 5) is 0. The zero-order valence-electron chi connectivity index (χ0n) is 10.2. The fourth-order valence-electron chi connectivity index (χ4n) is 2.68. The highest BCUT2D eigenvalue weighted by atomic mass is 79.9. The van der Waals surface area contributed by atoms with Crippen LogP contribution in [0.25, 0.3) is 0 Å². The van der Waals surface area contributed by atoms with E-state index in [1.54, 1.807) is 0 Å². The molecule has 2 rings (SSSR count). The minimum absolute atomic E-state index is 0.551. The number of nitrogens with zero attached hydrogens (tertiary/aromatic N) is 2. The SMILES string of the molecule is CC1(C)CCCC(n2cc(Br)cn2)CCC1. The van der Waals surface area contributed by atoms with E-state index in [2.05, 4.69) is 45.8 Å². The molecule has 0 radical (unpaired) electrons. The van der Waals surface area contributed by atoms with Crippen LogP contribution in [-0.2, 0) is 0 Å². The highest BCUT2D eigenvalue weighted by Crippen LogP contribution is 2.36. The van der Waals surface area contributed by atoms with Gasteiger partial charge in [0.15, 0.2) is 0 Å². The summed E-state index contributed by atoms with van der Waals surface area (Å²) in [5.41, 5.74) is 0.551. The molecule has 0 atom stereocenters. The fourth-order valence-corrected chi connectivity index (χ4v) is 2.98. The van der Waals surface area contributed by atoms with Gasteiger partial charge in [0.05, 0.1) is 16.7 Å². The Balaban J connectivity index is 1.98. The number of hydrogen-bond donors (Lipinski definition) is 0. The molecule has 16 heavy (non-hydrogen) atoms. The second-order valence-corrected chi connectivity index (χ2v) is 6.66. The minimum atomic E-state index is 0.551. The number of hydrogen-bond acceptors (Lipinski definition) is 1. The van der Waals surface area contributed by atoms with Gasteiger partial charge in [-0.05, 0) is 47.0 Å². The quantitative estimate of drug-likeness (QED) is 0.739. The van der Waals surface area contributed by atoms with Crippen molar-refractivity contribution in [2.75, 3.05) is 0 Å². The summed E-state index contributed by atoms with van der Waals surface area (Å²) >= 11 is 3.47. The third-order valence-electron chi connectivity index (χ3n) is 3.73. The highest BCUT2D eigenvalue weighted by molar-refractivity contribution is 9.10. The predicted molar refractivity (Wildman–Crippen MR) is 70.4 cm³/mol. The fraction of sp³-hybridized carbons (Fsp3) is 0.769. The Morgan fingerprint density at radius 1 is 1.31 bits per heavy atom. The Kier molecular flexibility index (Phi) is 3.73. The van der Waals surface area contributed by atoms with Crippen molar-refractivity contribution in [1.82, 2.24) is 9.78 Å². The van der Waals surface area contributed by atoms with Crippen molar-refractivity contribution >= 4 is 15.9 Å². The smallest absolute Gasteiger partial charge is 0.0632 e. The average Bonchev–Trinajstić information content (AvgIpc) is 2.59. The molecule has 1 saturated carbocycles. The first-order valence-corrected chi connectivity index (χ1v) is 7.06. The molecule has 3 heteroatoms. The standard InChI is InChI=1S/C13H21BrN2/c1-13(2)7-3-5-12(6-4-8-13)16-10-11(14)9-15-16/h9-10,12H,3-8H2,1-2H3. The largest absolute Gasteiger partial charge is 0.269 e. The van der Waals surface area contributed by atoms with Gasteiger partial charge in [-0.25, -0.2) is 0 Å². The summed E-state index contributed by atoms with van der Waals surface area (Å²) < 4.78 is 3.23. The summed E-state index contributed by atoms with van der Waals surface area (Å²) in [7, 11) is 0. The lowest BCUT2D eigenvalue weighted by Gasteiger charge is -2.30. The molecule has 0 amide bonds. The molecule has 2 nitrogen and oxygen atoms in total. The zero-order chi connectivity index (χ0) is 11.6. The van der Waals surface area contributed by atoms with E-state index in [9.17, 15) is 0 Å². The maximum absolute atomic E-state index is 4.42. The van der Waals surface area contributed by atoms with E-state index < -0.39 is 0 Å². The molecule has 1 heterocycles. The van der Waals surface area contributed by atoms with Crippen LogP contribution in [0.4, 0.5) is 0 Å². The van der Waals surface area contributed by atoms with Crippen molar-refractivity contribution in [1.29, 1.82) is 0 Å². The van der Waals surface area contributed by atoms with E-state index in [0.717, 1.165) is 4.47 Å². The van der Waals surface area contributed by atoms with Gasteiger partial charge in [0.1, 0.15) is 0 Å². The zero-order valence-corrected chi connectivity index (χ0v) is 11.8. The Morgan fingerprint density at radius 2 is 1.94 bits per heavy atom. The van der Waals surface area contributed by atoms with Crippen molar-refractivity contribution in [2.45, 2.75) is 58.4 Å². The summed E-state index contributed by atoms with van der Waals surface area (Å²) in [5, 5.41) is 4.42. The maximum atomic E-state index is 4.42. The van der Waals surface area contributed by atoms with E-state index >= 15 is 0 Å². The molecular weight excluding hydrogens is 264 g/mol. The van der Waals surface area contributed by atoms with Crippen molar-refractivity contribution in [3.8, 4) is 0 Å². The van der Waals surface area contributed by atoms with Crippen molar-refractivity contribution in [3.05, 3.63) is 16.9 Å². The van der Waals surface area contributed by atoms with E-state index in [1.165, 1.54) is 38.5 Å². The summed E-state index contributed by atoms with van der Waals surface area (Å²) in [6.45, 7) is 4.80. The third-order valence-corrected chi connectivity index (χ3v) is 4.14. The first kappa shape index (κ1) is 12.2. The van der Waals surface area contributed by atoms with Crippen LogP contribution in [-0.4, -0.2) is 9.78 Å². The molecule has 1 aromatic rings. The molecule has 0 aromatic carbocycles. The van der Waals surface area contributed by atoms with Crippen LogP contribution >= 0.6 is 15.9 Å². The molecule has 0 aliphatic heterocycles. The molecule has 1 aromatic heterocycles. The van der Waals surface area contributed by atoms with E-state index in [-0.39, 0.29) is 0 Å². The molecule has 1 fully saturated rings. The van der Waals surface area contributed by atoms with Crippen LogP contribution in [0, 0.1) is 5.41 Å². The van der Waals surface area contributed by atoms with Gasteiger partial charge in [-0.2, -0.15) is 5.10 Å². The molecule has 0 unspecified atom stereocenters. The Hall–Kier alpha value is -0.310. The molecule has 0 saturated heterocycles. The second kappa shape index (κ2) is 4.91. The van der Waals surface area contributed by atoms with Crippen molar-refractivity contribution in [3.63, 3.8) is 0 Å². The second-order valence-electron chi connectivity index (χ2n) is 5.74. The van der Waals surface area contributed by atoms with Crippen LogP contribution in [0.2, 0.25) is 0 Å². The molecule has 0 spiro atoms. The van der Waals surface area contributed by atoms with Crippen LogP contribution in [0.3, 0.4) is 0 Å². The molecule has 90 valence electrons. The van der Waals surface area contributed by atoms with E-state index in [4.69, 9.17) is 0 Å². The number of halogens is 1. The molecule has 1 aliphatic carbocycles. The number of rotatable bonds is 1. The first-order chi connectivity index (χ1) is 7.57. The van der Waals surface area contributed by atoms with Gasteiger partial charge >= 0.3 is 0 Å². The monoisotopic (exact) mass is 284 g/mol. The summed E-state index contributed by atoms with van der Waals surface area (Å²) in [5.74, 6) is 0. The van der Waals surface area contributed by atoms with Crippen LogP contribution in [0.15, 0.2) is 16.9 Å². The normalized spacial score (nSPS) is 22.7. The van der Waals surface area contributed by atoms with Crippen molar-refractivity contribution in [2.24, 2.45) is 5.41 Å². The number of aromatic nitrogens is 2. The summed E-state index contributed by atoms with van der Waals surface area (Å²) in [6.07, 6.45) is 11.9.